The van der Waals surface area contributed by atoms with Crippen molar-refractivity contribution in [2.24, 2.45) is 0 Å². The molecule has 0 saturated carbocycles. The van der Waals surface area contributed by atoms with E-state index in [1.807, 2.05) is 28.9 Å². The Kier molecular flexibility index (Phi) is 5.26. The second-order valence-corrected chi connectivity index (χ2v) is 15.3. The van der Waals surface area contributed by atoms with Gasteiger partial charge in [-0.15, -0.1) is 22.7 Å². The molecule has 0 aliphatic heterocycles. The predicted octanol–water partition coefficient (Wildman–Crippen LogP) is 13.1. The lowest BCUT2D eigenvalue weighted by molar-refractivity contribution is 1.18. The van der Waals surface area contributed by atoms with E-state index in [4.69, 9.17) is 4.98 Å². The molecule has 0 spiro atoms. The van der Waals surface area contributed by atoms with Crippen LogP contribution in [0.25, 0.3) is 106 Å². The van der Waals surface area contributed by atoms with Crippen LogP contribution in [0.3, 0.4) is 0 Å². The molecule has 0 bridgehead atoms. The Morgan fingerprint density at radius 2 is 0.960 bits per heavy atom. The third kappa shape index (κ3) is 3.55. The van der Waals surface area contributed by atoms with Gasteiger partial charge in [-0.2, -0.15) is 0 Å². The number of hydrogen-bond acceptors (Lipinski definition) is 3. The summed E-state index contributed by atoms with van der Waals surface area (Å²) < 4.78 is 10.2. The third-order valence-corrected chi connectivity index (χ3v) is 12.8. The van der Waals surface area contributed by atoms with Crippen molar-refractivity contribution in [2.75, 3.05) is 0 Å². The number of hydrogen-bond donors (Lipinski definition) is 0. The Balaban J connectivity index is 1.14. The van der Waals surface area contributed by atoms with Crippen LogP contribution in [0.1, 0.15) is 0 Å². The maximum absolute atomic E-state index is 4.88. The highest BCUT2D eigenvalue weighted by Crippen LogP contribution is 2.44. The summed E-state index contributed by atoms with van der Waals surface area (Å²) in [5, 5.41) is 9.10. The summed E-state index contributed by atoms with van der Waals surface area (Å²) >= 11 is 3.77. The normalized spacial score (nSPS) is 12.4. The maximum atomic E-state index is 4.88. The third-order valence-electron chi connectivity index (χ3n) is 10.5. The average Bonchev–Trinajstić information content (AvgIpc) is 3.90. The molecule has 0 fully saturated rings. The van der Waals surface area contributed by atoms with Gasteiger partial charge in [0.15, 0.2) is 0 Å². The molecule has 12 rings (SSSR count). The molecule has 5 heteroatoms. The van der Waals surface area contributed by atoms with Gasteiger partial charge in [0.25, 0.3) is 0 Å². The predicted molar refractivity (Wildman–Crippen MR) is 216 cm³/mol. The summed E-state index contributed by atoms with van der Waals surface area (Å²) in [6, 6.07) is 53.6. The first-order valence-corrected chi connectivity index (χ1v) is 18.5. The van der Waals surface area contributed by atoms with Gasteiger partial charge in [0.1, 0.15) is 0 Å². The number of thiophene rings is 2. The van der Waals surface area contributed by atoms with Gasteiger partial charge < -0.3 is 8.97 Å². The van der Waals surface area contributed by atoms with E-state index in [1.54, 1.807) is 0 Å². The van der Waals surface area contributed by atoms with Crippen molar-refractivity contribution in [1.82, 2.24) is 14.0 Å². The van der Waals surface area contributed by atoms with Gasteiger partial charge in [-0.25, -0.2) is 0 Å². The fraction of sp³-hybridized carbons (Fsp3) is 0. The number of benzene rings is 7. The number of rotatable bonds is 2. The van der Waals surface area contributed by atoms with Crippen LogP contribution in [0.4, 0.5) is 0 Å². The average molecular weight is 672 g/mol. The van der Waals surface area contributed by atoms with Crippen LogP contribution in [0.15, 0.2) is 152 Å². The van der Waals surface area contributed by atoms with Crippen LogP contribution in [0, 0.1) is 0 Å². The molecule has 5 aromatic heterocycles. The molecule has 0 saturated heterocycles. The summed E-state index contributed by atoms with van der Waals surface area (Å²) in [6.07, 6.45) is 2.03. The Morgan fingerprint density at radius 3 is 1.62 bits per heavy atom. The molecule has 0 amide bonds. The van der Waals surface area contributed by atoms with E-state index in [0.29, 0.717) is 0 Å². The molecule has 0 aliphatic rings. The van der Waals surface area contributed by atoms with E-state index in [9.17, 15) is 0 Å². The molecule has 50 heavy (non-hydrogen) atoms. The molecule has 0 aliphatic carbocycles. The molecular weight excluding hydrogens is 647 g/mol. The smallest absolute Gasteiger partial charge is 0.0871 e. The number of para-hydroxylation sites is 3. The Morgan fingerprint density at radius 1 is 0.400 bits per heavy atom. The first kappa shape index (κ1) is 26.9. The molecule has 0 unspecified atom stereocenters. The van der Waals surface area contributed by atoms with Crippen molar-refractivity contribution in [3.8, 4) is 16.8 Å². The zero-order valence-corrected chi connectivity index (χ0v) is 28.2. The largest absolute Gasteiger partial charge is 0.309 e. The number of nitrogens with zero attached hydrogens (tertiary/aromatic N) is 3. The highest BCUT2D eigenvalue weighted by Gasteiger charge is 2.20. The second kappa shape index (κ2) is 9.79. The van der Waals surface area contributed by atoms with Crippen LogP contribution in [0.2, 0.25) is 0 Å². The molecule has 0 radical (unpaired) electrons. The van der Waals surface area contributed by atoms with E-state index >= 15 is 0 Å². The first-order chi connectivity index (χ1) is 24.8. The van der Waals surface area contributed by atoms with Gasteiger partial charge in [-0.05, 0) is 72.3 Å². The molecule has 7 aromatic carbocycles. The molecule has 3 nitrogen and oxygen atoms in total. The van der Waals surface area contributed by atoms with Crippen LogP contribution in [-0.2, 0) is 0 Å². The SMILES string of the molecule is c1ccc2c(c1)ncc1c(-c3ccc(-n4c5cc6c(cc5c5cc7sc8ccccc8c7cc54)sc4ccccc46)cc3)c3ccccc3n12. The van der Waals surface area contributed by atoms with Crippen LogP contribution in [-0.4, -0.2) is 14.0 Å². The summed E-state index contributed by atoms with van der Waals surface area (Å²) in [6.45, 7) is 0. The van der Waals surface area contributed by atoms with E-state index < -0.39 is 0 Å². The topological polar surface area (TPSA) is 22.2 Å². The van der Waals surface area contributed by atoms with Crippen molar-refractivity contribution in [1.29, 1.82) is 0 Å². The second-order valence-electron chi connectivity index (χ2n) is 13.2. The standard InChI is InChI=1S/C45H25N3S2/c1-5-13-36-30(11-1)45(40-25-46-35-12-4-6-14-37(35)48(36)40)26-17-19-27(20-18-26)47-38-21-33-28-9-2-7-15-41(28)49-43(33)23-31(38)32-24-44-34(22-39(32)47)29-10-3-8-16-42(29)50-44/h1-25H. The van der Waals surface area contributed by atoms with E-state index in [2.05, 4.69) is 155 Å². The summed E-state index contributed by atoms with van der Waals surface area (Å²) in [7, 11) is 0. The molecule has 0 N–H and O–H groups in total. The van der Waals surface area contributed by atoms with E-state index in [1.165, 1.54) is 84.2 Å². The van der Waals surface area contributed by atoms with Crippen molar-refractivity contribution < 1.29 is 0 Å². The number of aromatic nitrogens is 3. The lowest BCUT2D eigenvalue weighted by Gasteiger charge is -2.10. The van der Waals surface area contributed by atoms with Gasteiger partial charge in [-0.3, -0.25) is 4.98 Å². The lowest BCUT2D eigenvalue weighted by atomic mass is 10.0. The van der Waals surface area contributed by atoms with Crippen molar-refractivity contribution in [2.45, 2.75) is 0 Å². The summed E-state index contributed by atoms with van der Waals surface area (Å²) in [4.78, 5) is 4.88. The zero-order valence-electron chi connectivity index (χ0n) is 26.6. The van der Waals surface area contributed by atoms with Gasteiger partial charge in [0, 0.05) is 67.8 Å². The fourth-order valence-electron chi connectivity index (χ4n) is 8.34. The monoisotopic (exact) mass is 671 g/mol. The van der Waals surface area contributed by atoms with Crippen molar-refractivity contribution >= 4 is 112 Å². The molecular formula is C45H25N3S2. The Labute approximate surface area is 293 Å². The van der Waals surface area contributed by atoms with Crippen LogP contribution < -0.4 is 0 Å². The molecule has 12 aromatic rings. The van der Waals surface area contributed by atoms with Gasteiger partial charge in [0.05, 0.1) is 39.3 Å². The maximum Gasteiger partial charge on any atom is 0.0871 e. The fourth-order valence-corrected chi connectivity index (χ4v) is 10.6. The van der Waals surface area contributed by atoms with E-state index in [0.717, 1.165) is 22.2 Å². The van der Waals surface area contributed by atoms with Crippen LogP contribution in [0.5, 0.6) is 0 Å². The highest BCUT2D eigenvalue weighted by atomic mass is 32.1. The Hall–Kier alpha value is -6.01. The van der Waals surface area contributed by atoms with Crippen molar-refractivity contribution in [3.05, 3.63) is 152 Å². The quantitative estimate of drug-likeness (QED) is 0.179. The highest BCUT2D eigenvalue weighted by molar-refractivity contribution is 7.26. The van der Waals surface area contributed by atoms with Gasteiger partial charge >= 0.3 is 0 Å². The van der Waals surface area contributed by atoms with Gasteiger partial charge in [0.2, 0.25) is 0 Å². The molecule has 5 heterocycles. The van der Waals surface area contributed by atoms with E-state index in [-0.39, 0.29) is 0 Å². The minimum atomic E-state index is 0.994. The molecule has 0 atom stereocenters. The summed E-state index contributed by atoms with van der Waals surface area (Å²) in [5.74, 6) is 0. The van der Waals surface area contributed by atoms with Crippen molar-refractivity contribution in [3.63, 3.8) is 0 Å². The zero-order chi connectivity index (χ0) is 32.5. The lowest BCUT2D eigenvalue weighted by Crippen LogP contribution is -1.94. The minimum Gasteiger partial charge on any atom is -0.309 e. The molecule has 232 valence electrons. The minimum absolute atomic E-state index is 0.994. The number of fused-ring (bicyclic) bond motifs is 14. The van der Waals surface area contributed by atoms with Gasteiger partial charge in [-0.1, -0.05) is 78.9 Å². The van der Waals surface area contributed by atoms with Crippen LogP contribution >= 0.6 is 22.7 Å². The Bertz CT molecular complexity index is 3250. The summed E-state index contributed by atoms with van der Waals surface area (Å²) in [5.41, 5.74) is 10.5. The first-order valence-electron chi connectivity index (χ1n) is 16.9.